The van der Waals surface area contributed by atoms with Crippen LogP contribution in [0.1, 0.15) is 26.7 Å². The Morgan fingerprint density at radius 3 is 2.59 bits per heavy atom. The van der Waals surface area contributed by atoms with Gasteiger partial charge in [-0.15, -0.1) is 11.6 Å². The fourth-order valence-electron chi connectivity index (χ4n) is 2.83. The van der Waals surface area contributed by atoms with Crippen molar-refractivity contribution in [2.75, 3.05) is 5.88 Å². The minimum Gasteiger partial charge on any atom is -0.349 e. The van der Waals surface area contributed by atoms with Gasteiger partial charge in [0.15, 0.2) is 4.75 Å². The quantitative estimate of drug-likeness (QED) is 0.611. The van der Waals surface area contributed by atoms with Gasteiger partial charge in [0.25, 0.3) is 0 Å². The zero-order valence-electron chi connectivity index (χ0n) is 9.86. The van der Waals surface area contributed by atoms with E-state index in [2.05, 4.69) is 5.32 Å². The van der Waals surface area contributed by atoms with Crippen molar-refractivity contribution in [3.63, 3.8) is 0 Å². The van der Waals surface area contributed by atoms with Crippen LogP contribution in [-0.2, 0) is 20.4 Å². The van der Waals surface area contributed by atoms with Gasteiger partial charge in [-0.05, 0) is 18.8 Å². The average Bonchev–Trinajstić information content (AvgIpc) is 2.41. The van der Waals surface area contributed by atoms with Crippen molar-refractivity contribution in [2.45, 2.75) is 37.5 Å². The highest BCUT2D eigenvalue weighted by Gasteiger charge is 2.70. The third-order valence-corrected chi connectivity index (χ3v) is 5.68. The Balaban J connectivity index is 2.33. The van der Waals surface area contributed by atoms with E-state index in [9.17, 15) is 13.8 Å². The van der Waals surface area contributed by atoms with Crippen molar-refractivity contribution in [3.8, 4) is 0 Å². The molecule has 1 amide bonds. The van der Waals surface area contributed by atoms with Gasteiger partial charge in [-0.1, -0.05) is 13.8 Å². The van der Waals surface area contributed by atoms with Crippen molar-refractivity contribution in [1.82, 2.24) is 5.32 Å². The van der Waals surface area contributed by atoms with Gasteiger partial charge >= 0.3 is 0 Å². The third-order valence-electron chi connectivity index (χ3n) is 3.52. The van der Waals surface area contributed by atoms with Gasteiger partial charge in [-0.2, -0.15) is 0 Å². The van der Waals surface area contributed by atoms with Crippen LogP contribution < -0.4 is 5.32 Å². The topological polar surface area (TPSA) is 63.2 Å². The average molecular weight is 278 g/mol. The number of carbonyl (C=O) groups is 2. The lowest BCUT2D eigenvalue weighted by Crippen LogP contribution is -2.72. The molecule has 1 N–H and O–H groups in total. The van der Waals surface area contributed by atoms with Crippen LogP contribution in [0.2, 0.25) is 0 Å². The Kier molecular flexibility index (Phi) is 3.34. The van der Waals surface area contributed by atoms with Crippen LogP contribution in [0, 0.1) is 11.8 Å². The number of hydrogen-bond acceptors (Lipinski definition) is 3. The fourth-order valence-corrected chi connectivity index (χ4v) is 5.11. The summed E-state index contributed by atoms with van der Waals surface area (Å²) in [5.41, 5.74) is 0. The molecule has 0 aromatic rings. The van der Waals surface area contributed by atoms with Gasteiger partial charge in [0.2, 0.25) is 11.0 Å². The Hall–Kier alpha value is -0.420. The summed E-state index contributed by atoms with van der Waals surface area (Å²) in [6.07, 6.45) is 0.984. The number of β-lactam (4-membered cyclic amide) rings is 1. The van der Waals surface area contributed by atoms with Gasteiger partial charge in [0.05, 0.1) is 12.0 Å². The molecule has 0 spiro atoms. The van der Waals surface area contributed by atoms with Gasteiger partial charge in [-0.25, -0.2) is 0 Å². The predicted molar refractivity (Wildman–Crippen MR) is 66.1 cm³/mol. The van der Waals surface area contributed by atoms with E-state index < -0.39 is 15.5 Å². The van der Waals surface area contributed by atoms with Crippen LogP contribution in [-0.4, -0.2) is 31.9 Å². The first-order chi connectivity index (χ1) is 7.95. The number of halogens is 1. The molecule has 0 aromatic carbocycles. The fraction of sp³-hybridized carbons (Fsp3) is 0.818. The first-order valence-corrected chi connectivity index (χ1v) is 7.46. The number of fused-ring (bicyclic) bond motifs is 1. The van der Waals surface area contributed by atoms with Crippen molar-refractivity contribution >= 4 is 33.4 Å². The second kappa shape index (κ2) is 4.35. The molecule has 2 aliphatic heterocycles. The van der Waals surface area contributed by atoms with Crippen LogP contribution in [0.5, 0.6) is 0 Å². The molecular weight excluding hydrogens is 262 g/mol. The van der Waals surface area contributed by atoms with Gasteiger partial charge in [0, 0.05) is 5.88 Å². The first-order valence-electron chi connectivity index (χ1n) is 5.77. The van der Waals surface area contributed by atoms with Gasteiger partial charge < -0.3 is 5.32 Å². The van der Waals surface area contributed by atoms with Crippen LogP contribution in [0.3, 0.4) is 0 Å². The largest absolute Gasteiger partial charge is 0.349 e. The van der Waals surface area contributed by atoms with E-state index in [1.165, 1.54) is 0 Å². The summed E-state index contributed by atoms with van der Waals surface area (Å²) >= 11 is 5.66. The molecule has 4 nitrogen and oxygen atoms in total. The summed E-state index contributed by atoms with van der Waals surface area (Å²) in [6.45, 7) is 3.93. The highest BCUT2D eigenvalue weighted by Crippen LogP contribution is 2.46. The van der Waals surface area contributed by atoms with Crippen LogP contribution in [0.25, 0.3) is 0 Å². The smallest absolute Gasteiger partial charge is 0.241 e. The Bertz CT molecular complexity index is 398. The Morgan fingerprint density at radius 1 is 1.47 bits per heavy atom. The molecule has 2 aliphatic rings. The van der Waals surface area contributed by atoms with Crippen molar-refractivity contribution in [3.05, 3.63) is 0 Å². The van der Waals surface area contributed by atoms with Crippen molar-refractivity contribution in [1.29, 1.82) is 0 Å². The Morgan fingerprint density at radius 2 is 2.12 bits per heavy atom. The monoisotopic (exact) mass is 277 g/mol. The van der Waals surface area contributed by atoms with E-state index in [0.29, 0.717) is 18.7 Å². The lowest BCUT2D eigenvalue weighted by Gasteiger charge is -2.44. The van der Waals surface area contributed by atoms with E-state index in [4.69, 9.17) is 11.6 Å². The minimum atomic E-state index is -1.71. The second-order valence-corrected chi connectivity index (χ2v) is 7.16. The molecule has 0 radical (unpaired) electrons. The maximum Gasteiger partial charge on any atom is 0.241 e. The molecule has 0 aromatic heterocycles. The standard InChI is InChI=1S/C11H16ClNO3S/c1-6(2)5-11-8(13-10(11)15)7(3-4-12)9(14)17(11)16/h6-8H,3-5H2,1-2H3,(H,13,15)/t7?,8-,11+,17?/m0/s1. The maximum atomic E-state index is 12.2. The normalized spacial score (nSPS) is 40.1. The molecule has 0 saturated carbocycles. The summed E-state index contributed by atoms with van der Waals surface area (Å²) in [7, 11) is -1.71. The summed E-state index contributed by atoms with van der Waals surface area (Å²) in [5, 5.41) is 2.42. The number of carbonyl (C=O) groups excluding carboxylic acids is 2. The number of alkyl halides is 1. The van der Waals surface area contributed by atoms with E-state index in [-0.39, 0.29) is 28.9 Å². The molecule has 0 bridgehead atoms. The highest BCUT2D eigenvalue weighted by atomic mass is 35.5. The van der Waals surface area contributed by atoms with Crippen molar-refractivity contribution in [2.24, 2.45) is 11.8 Å². The van der Waals surface area contributed by atoms with E-state index >= 15 is 0 Å². The lowest BCUT2D eigenvalue weighted by atomic mass is 9.76. The first kappa shape index (κ1) is 13.0. The Labute approximate surface area is 108 Å². The molecule has 17 heavy (non-hydrogen) atoms. The van der Waals surface area contributed by atoms with E-state index in [0.717, 1.165) is 0 Å². The number of hydrogen-bond donors (Lipinski definition) is 1. The number of rotatable bonds is 4. The van der Waals surface area contributed by atoms with Gasteiger partial charge in [0.1, 0.15) is 10.8 Å². The molecule has 4 atom stereocenters. The van der Waals surface area contributed by atoms with Crippen molar-refractivity contribution < 1.29 is 13.8 Å². The molecule has 2 rings (SSSR count). The van der Waals surface area contributed by atoms with E-state index in [1.54, 1.807) is 0 Å². The minimum absolute atomic E-state index is 0.232. The lowest BCUT2D eigenvalue weighted by molar-refractivity contribution is -0.134. The molecule has 2 fully saturated rings. The molecule has 0 aliphatic carbocycles. The molecule has 2 unspecified atom stereocenters. The van der Waals surface area contributed by atoms with Crippen LogP contribution >= 0.6 is 11.6 Å². The van der Waals surface area contributed by atoms with E-state index in [1.807, 2.05) is 13.8 Å². The highest BCUT2D eigenvalue weighted by molar-refractivity contribution is 8.03. The molecule has 2 saturated heterocycles. The van der Waals surface area contributed by atoms with Gasteiger partial charge in [-0.3, -0.25) is 13.8 Å². The summed E-state index contributed by atoms with van der Waals surface area (Å²) in [6, 6.07) is -0.274. The second-order valence-electron chi connectivity index (χ2n) is 5.11. The summed E-state index contributed by atoms with van der Waals surface area (Å²) < 4.78 is 11.2. The van der Waals surface area contributed by atoms with Crippen LogP contribution in [0.4, 0.5) is 0 Å². The predicted octanol–water partition coefficient (Wildman–Crippen LogP) is 0.804. The molecule has 96 valence electrons. The summed E-state index contributed by atoms with van der Waals surface area (Å²) in [4.78, 5) is 23.7. The summed E-state index contributed by atoms with van der Waals surface area (Å²) in [5.74, 6) is -0.0302. The molecular formula is C11H16ClNO3S. The molecule has 6 heteroatoms. The number of amides is 1. The third kappa shape index (κ3) is 1.66. The SMILES string of the molecule is CC(C)C[C@]12C(=O)N[C@H]1C(CCCl)C(=O)S2=O. The molecule has 2 heterocycles. The van der Waals surface area contributed by atoms with Crippen LogP contribution in [0.15, 0.2) is 0 Å². The number of nitrogens with one attached hydrogen (secondary N) is 1. The zero-order chi connectivity index (χ0) is 12.8. The maximum absolute atomic E-state index is 12.2. The zero-order valence-corrected chi connectivity index (χ0v) is 11.4.